The summed E-state index contributed by atoms with van der Waals surface area (Å²) in [6.07, 6.45) is 6.62. The van der Waals surface area contributed by atoms with E-state index in [1.54, 1.807) is 6.20 Å². The lowest BCUT2D eigenvalue weighted by Gasteiger charge is -2.33. The maximum absolute atomic E-state index is 11.7. The Labute approximate surface area is 101 Å². The molecule has 0 aliphatic heterocycles. The van der Waals surface area contributed by atoms with E-state index in [1.807, 2.05) is 18.2 Å². The number of hydrogen-bond acceptors (Lipinski definition) is 2. The quantitative estimate of drug-likeness (QED) is 0.869. The van der Waals surface area contributed by atoms with Crippen LogP contribution in [0.2, 0.25) is 0 Å². The number of carboxylic acids is 1. The molecule has 3 rings (SSSR count). The van der Waals surface area contributed by atoms with Crippen LogP contribution in [0.4, 0.5) is 0 Å². The van der Waals surface area contributed by atoms with Gasteiger partial charge in [0.1, 0.15) is 0 Å². The van der Waals surface area contributed by atoms with Crippen molar-refractivity contribution >= 4 is 5.97 Å². The standard InChI is InChI=1S/C14H17NO2/c16-13(17)14(8-10-4-5-11(14)7-10)9-12-3-1-2-6-15-12/h1-3,6,10-11H,4-5,7-9H2,(H,16,17). The van der Waals surface area contributed by atoms with Gasteiger partial charge < -0.3 is 5.11 Å². The van der Waals surface area contributed by atoms with Crippen LogP contribution in [0.5, 0.6) is 0 Å². The first-order chi connectivity index (χ1) is 8.21. The fourth-order valence-corrected chi connectivity index (χ4v) is 3.82. The lowest BCUT2D eigenvalue weighted by Crippen LogP contribution is -2.38. The van der Waals surface area contributed by atoms with Gasteiger partial charge in [-0.3, -0.25) is 9.78 Å². The molecule has 0 spiro atoms. The van der Waals surface area contributed by atoms with E-state index in [9.17, 15) is 9.90 Å². The van der Waals surface area contributed by atoms with E-state index in [2.05, 4.69) is 4.98 Å². The number of aliphatic carboxylic acids is 1. The van der Waals surface area contributed by atoms with Gasteiger partial charge in [-0.25, -0.2) is 0 Å². The molecule has 2 bridgehead atoms. The molecule has 17 heavy (non-hydrogen) atoms. The number of carbonyl (C=O) groups is 1. The average molecular weight is 231 g/mol. The van der Waals surface area contributed by atoms with Gasteiger partial charge in [-0.15, -0.1) is 0 Å². The summed E-state index contributed by atoms with van der Waals surface area (Å²) < 4.78 is 0. The fraction of sp³-hybridized carbons (Fsp3) is 0.571. The molecule has 0 saturated heterocycles. The third-order valence-corrected chi connectivity index (χ3v) is 4.62. The number of hydrogen-bond donors (Lipinski definition) is 1. The van der Waals surface area contributed by atoms with Crippen molar-refractivity contribution in [2.45, 2.75) is 32.1 Å². The van der Waals surface area contributed by atoms with Crippen LogP contribution in [0.25, 0.3) is 0 Å². The molecule has 3 atom stereocenters. The van der Waals surface area contributed by atoms with Crippen LogP contribution >= 0.6 is 0 Å². The predicted octanol–water partition coefficient (Wildman–Crippen LogP) is 2.52. The molecule has 1 aromatic heterocycles. The Morgan fingerprint density at radius 2 is 2.35 bits per heavy atom. The van der Waals surface area contributed by atoms with Gasteiger partial charge in [0, 0.05) is 18.3 Å². The van der Waals surface area contributed by atoms with Crippen LogP contribution in [0.3, 0.4) is 0 Å². The van der Waals surface area contributed by atoms with Crippen molar-refractivity contribution < 1.29 is 9.90 Å². The first-order valence-electron chi connectivity index (χ1n) is 6.34. The van der Waals surface area contributed by atoms with Crippen LogP contribution in [-0.4, -0.2) is 16.1 Å². The van der Waals surface area contributed by atoms with E-state index in [0.29, 0.717) is 18.3 Å². The predicted molar refractivity (Wildman–Crippen MR) is 63.5 cm³/mol. The summed E-state index contributed by atoms with van der Waals surface area (Å²) in [5.74, 6) is 0.391. The normalized spacial score (nSPS) is 35.1. The maximum Gasteiger partial charge on any atom is 0.310 e. The summed E-state index contributed by atoms with van der Waals surface area (Å²) >= 11 is 0. The first-order valence-corrected chi connectivity index (χ1v) is 6.34. The Morgan fingerprint density at radius 1 is 1.47 bits per heavy atom. The smallest absolute Gasteiger partial charge is 0.310 e. The Hall–Kier alpha value is -1.38. The first kappa shape index (κ1) is 10.8. The zero-order valence-corrected chi connectivity index (χ0v) is 9.80. The van der Waals surface area contributed by atoms with Crippen molar-refractivity contribution in [2.75, 3.05) is 0 Å². The Kier molecular flexibility index (Phi) is 2.42. The lowest BCUT2D eigenvalue weighted by molar-refractivity contribution is -0.152. The molecule has 0 radical (unpaired) electrons. The number of rotatable bonds is 3. The van der Waals surface area contributed by atoms with Crippen LogP contribution in [-0.2, 0) is 11.2 Å². The average Bonchev–Trinajstić information content (AvgIpc) is 2.91. The number of carboxylic acid groups (broad SMARTS) is 1. The van der Waals surface area contributed by atoms with Gasteiger partial charge in [0.15, 0.2) is 0 Å². The monoisotopic (exact) mass is 231 g/mol. The highest BCUT2D eigenvalue weighted by atomic mass is 16.4. The highest BCUT2D eigenvalue weighted by molar-refractivity contribution is 5.76. The molecular weight excluding hydrogens is 214 g/mol. The molecule has 3 unspecified atom stereocenters. The molecule has 2 aliphatic carbocycles. The van der Waals surface area contributed by atoms with Crippen LogP contribution in [0.1, 0.15) is 31.4 Å². The molecule has 2 saturated carbocycles. The summed E-state index contributed by atoms with van der Waals surface area (Å²) in [7, 11) is 0. The second kappa shape index (κ2) is 3.83. The SMILES string of the molecule is O=C(O)C1(Cc2ccccn2)CC2CCC1C2. The van der Waals surface area contributed by atoms with Crippen LogP contribution < -0.4 is 0 Å². The molecule has 90 valence electrons. The van der Waals surface area contributed by atoms with Crippen molar-refractivity contribution in [1.29, 1.82) is 0 Å². The maximum atomic E-state index is 11.7. The highest BCUT2D eigenvalue weighted by Crippen LogP contribution is 2.57. The Bertz CT molecular complexity index is 431. The Morgan fingerprint density at radius 3 is 2.88 bits per heavy atom. The number of aromatic nitrogens is 1. The van der Waals surface area contributed by atoms with Crippen LogP contribution in [0, 0.1) is 17.3 Å². The molecular formula is C14H17NO2. The molecule has 2 aliphatic rings. The largest absolute Gasteiger partial charge is 0.481 e. The zero-order chi connectivity index (χ0) is 11.9. The van der Waals surface area contributed by atoms with Crippen molar-refractivity contribution in [3.63, 3.8) is 0 Å². The number of nitrogens with zero attached hydrogens (tertiary/aromatic N) is 1. The summed E-state index contributed by atoms with van der Waals surface area (Å²) in [6, 6.07) is 5.75. The minimum atomic E-state index is -0.615. The van der Waals surface area contributed by atoms with Crippen molar-refractivity contribution in [3.8, 4) is 0 Å². The van der Waals surface area contributed by atoms with Crippen molar-refractivity contribution in [3.05, 3.63) is 30.1 Å². The summed E-state index contributed by atoms with van der Waals surface area (Å²) in [6.45, 7) is 0. The van der Waals surface area contributed by atoms with Gasteiger partial charge in [-0.2, -0.15) is 0 Å². The molecule has 1 heterocycles. The van der Waals surface area contributed by atoms with E-state index in [1.165, 1.54) is 6.42 Å². The summed E-state index contributed by atoms with van der Waals surface area (Å²) in [5.41, 5.74) is 0.388. The van der Waals surface area contributed by atoms with Gasteiger partial charge in [-0.1, -0.05) is 12.5 Å². The second-order valence-corrected chi connectivity index (χ2v) is 5.54. The minimum absolute atomic E-state index is 0.368. The molecule has 1 N–H and O–H groups in total. The number of pyridine rings is 1. The van der Waals surface area contributed by atoms with Gasteiger partial charge in [0.2, 0.25) is 0 Å². The van der Waals surface area contributed by atoms with Crippen molar-refractivity contribution in [2.24, 2.45) is 17.3 Å². The third-order valence-electron chi connectivity index (χ3n) is 4.62. The highest BCUT2D eigenvalue weighted by Gasteiger charge is 2.55. The van der Waals surface area contributed by atoms with E-state index in [-0.39, 0.29) is 0 Å². The van der Waals surface area contributed by atoms with E-state index < -0.39 is 11.4 Å². The molecule has 0 amide bonds. The molecule has 1 aromatic rings. The van der Waals surface area contributed by atoms with E-state index >= 15 is 0 Å². The second-order valence-electron chi connectivity index (χ2n) is 5.54. The summed E-state index contributed by atoms with van der Waals surface area (Å²) in [4.78, 5) is 16.0. The molecule has 2 fully saturated rings. The van der Waals surface area contributed by atoms with E-state index in [4.69, 9.17) is 0 Å². The lowest BCUT2D eigenvalue weighted by atomic mass is 9.70. The van der Waals surface area contributed by atoms with Gasteiger partial charge in [0.05, 0.1) is 5.41 Å². The fourth-order valence-electron chi connectivity index (χ4n) is 3.82. The topological polar surface area (TPSA) is 50.2 Å². The van der Waals surface area contributed by atoms with E-state index in [0.717, 1.165) is 25.0 Å². The van der Waals surface area contributed by atoms with Crippen LogP contribution in [0.15, 0.2) is 24.4 Å². The molecule has 3 heteroatoms. The third kappa shape index (κ3) is 1.65. The van der Waals surface area contributed by atoms with Crippen molar-refractivity contribution in [1.82, 2.24) is 4.98 Å². The van der Waals surface area contributed by atoms with Gasteiger partial charge in [-0.05, 0) is 43.2 Å². The molecule has 0 aromatic carbocycles. The minimum Gasteiger partial charge on any atom is -0.481 e. The number of fused-ring (bicyclic) bond motifs is 2. The van der Waals surface area contributed by atoms with Gasteiger partial charge >= 0.3 is 5.97 Å². The summed E-state index contributed by atoms with van der Waals surface area (Å²) in [5, 5.41) is 9.62. The zero-order valence-electron chi connectivity index (χ0n) is 9.80. The van der Waals surface area contributed by atoms with Gasteiger partial charge in [0.25, 0.3) is 0 Å². The Balaban J connectivity index is 1.89. The molecule has 3 nitrogen and oxygen atoms in total.